The molecule has 10 heteroatoms. The number of nitrogens with zero attached hydrogens (tertiary/aromatic N) is 2. The lowest BCUT2D eigenvalue weighted by Gasteiger charge is -2.33. The zero-order chi connectivity index (χ0) is 28.3. The minimum Gasteiger partial charge on any atom is -0.385 e. The van der Waals surface area contributed by atoms with E-state index in [2.05, 4.69) is 5.32 Å². The van der Waals surface area contributed by atoms with Crippen molar-refractivity contribution in [3.8, 4) is 0 Å². The lowest BCUT2D eigenvalue weighted by molar-refractivity contribution is -0.141. The molecule has 0 unspecified atom stereocenters. The summed E-state index contributed by atoms with van der Waals surface area (Å²) < 4.78 is 31.6. The molecule has 0 aliphatic carbocycles. The second-order valence-electron chi connectivity index (χ2n) is 9.12. The van der Waals surface area contributed by atoms with E-state index >= 15 is 0 Å². The van der Waals surface area contributed by atoms with Crippen molar-refractivity contribution in [1.82, 2.24) is 14.5 Å². The van der Waals surface area contributed by atoms with Gasteiger partial charge in [-0.2, -0.15) is 4.31 Å². The van der Waals surface area contributed by atoms with Crippen LogP contribution in [0.1, 0.15) is 29.2 Å². The zero-order valence-electron chi connectivity index (χ0n) is 22.1. The largest absolute Gasteiger partial charge is 0.385 e. The van der Waals surface area contributed by atoms with E-state index in [1.54, 1.807) is 67.8 Å². The number of hydrogen-bond acceptors (Lipinski definition) is 5. The maximum absolute atomic E-state index is 14.0. The van der Waals surface area contributed by atoms with Crippen LogP contribution in [-0.2, 0) is 37.4 Å². The summed E-state index contributed by atoms with van der Waals surface area (Å²) >= 11 is 6.07. The fourth-order valence-corrected chi connectivity index (χ4v) is 4.92. The van der Waals surface area contributed by atoms with Gasteiger partial charge in [-0.05, 0) is 35.2 Å². The predicted octanol–water partition coefficient (Wildman–Crippen LogP) is 4.02. The van der Waals surface area contributed by atoms with E-state index in [-0.39, 0.29) is 19.0 Å². The van der Waals surface area contributed by atoms with Crippen LogP contribution in [0.5, 0.6) is 0 Å². The molecule has 0 fully saturated rings. The summed E-state index contributed by atoms with van der Waals surface area (Å²) in [5.74, 6) is -0.874. The predicted molar refractivity (Wildman–Crippen MR) is 152 cm³/mol. The minimum atomic E-state index is -3.75. The van der Waals surface area contributed by atoms with Gasteiger partial charge in [-0.25, -0.2) is 8.42 Å². The Labute approximate surface area is 235 Å². The third-order valence-electron chi connectivity index (χ3n) is 6.07. The molecule has 8 nitrogen and oxygen atoms in total. The molecule has 0 saturated carbocycles. The Kier molecular flexibility index (Phi) is 11.5. The van der Waals surface area contributed by atoms with Gasteiger partial charge < -0.3 is 15.0 Å². The van der Waals surface area contributed by atoms with Crippen LogP contribution in [0.3, 0.4) is 0 Å². The molecule has 1 N–H and O–H groups in total. The van der Waals surface area contributed by atoms with E-state index in [9.17, 15) is 18.0 Å². The number of benzene rings is 3. The number of rotatable bonds is 14. The summed E-state index contributed by atoms with van der Waals surface area (Å²) in [6.07, 6.45) is 1.68. The molecule has 3 rings (SSSR count). The minimum absolute atomic E-state index is 0.0272. The SMILES string of the molecule is COCCCNC(=O)[C@@H](c1ccccc1)N(Cc1ccc(Cl)cc1)C(=O)CN(Cc1ccccc1)S(C)(=O)=O. The summed E-state index contributed by atoms with van der Waals surface area (Å²) in [4.78, 5) is 28.9. The van der Waals surface area contributed by atoms with Gasteiger partial charge in [0.15, 0.2) is 0 Å². The first-order chi connectivity index (χ1) is 18.7. The van der Waals surface area contributed by atoms with E-state index in [4.69, 9.17) is 16.3 Å². The van der Waals surface area contributed by atoms with Crippen molar-refractivity contribution in [1.29, 1.82) is 0 Å². The van der Waals surface area contributed by atoms with E-state index in [1.165, 1.54) is 4.90 Å². The maximum Gasteiger partial charge on any atom is 0.247 e. The molecule has 39 heavy (non-hydrogen) atoms. The monoisotopic (exact) mass is 571 g/mol. The Morgan fingerprint density at radius 3 is 2.08 bits per heavy atom. The van der Waals surface area contributed by atoms with Crippen molar-refractivity contribution in [2.24, 2.45) is 0 Å². The molecule has 0 aromatic heterocycles. The van der Waals surface area contributed by atoms with E-state index in [1.807, 2.05) is 24.3 Å². The lowest BCUT2D eigenvalue weighted by atomic mass is 10.0. The van der Waals surface area contributed by atoms with Crippen LogP contribution in [-0.4, -0.2) is 62.5 Å². The number of amides is 2. The summed E-state index contributed by atoms with van der Waals surface area (Å²) in [5, 5.41) is 3.44. The van der Waals surface area contributed by atoms with Gasteiger partial charge in [-0.1, -0.05) is 84.4 Å². The maximum atomic E-state index is 14.0. The number of halogens is 1. The highest BCUT2D eigenvalue weighted by atomic mass is 35.5. The second-order valence-corrected chi connectivity index (χ2v) is 11.5. The second kappa shape index (κ2) is 14.8. The molecule has 0 radical (unpaired) electrons. The fraction of sp³-hybridized carbons (Fsp3) is 0.310. The molecule has 0 bridgehead atoms. The van der Waals surface area contributed by atoms with Gasteiger partial charge >= 0.3 is 0 Å². The first kappa shape index (κ1) is 30.3. The Bertz CT molecular complexity index is 1310. The van der Waals surface area contributed by atoms with Crippen LogP contribution in [0.4, 0.5) is 0 Å². The van der Waals surface area contributed by atoms with Crippen molar-refractivity contribution in [2.75, 3.05) is 33.1 Å². The van der Waals surface area contributed by atoms with Gasteiger partial charge in [0.25, 0.3) is 0 Å². The van der Waals surface area contributed by atoms with Gasteiger partial charge in [0, 0.05) is 38.4 Å². The van der Waals surface area contributed by atoms with Gasteiger partial charge in [0.1, 0.15) is 6.04 Å². The average molecular weight is 572 g/mol. The molecule has 0 aliphatic heterocycles. The van der Waals surface area contributed by atoms with Crippen LogP contribution < -0.4 is 5.32 Å². The van der Waals surface area contributed by atoms with Crippen LogP contribution in [0.2, 0.25) is 5.02 Å². The third kappa shape index (κ3) is 9.47. The van der Waals surface area contributed by atoms with Crippen LogP contribution in [0.15, 0.2) is 84.9 Å². The molecule has 208 valence electrons. The summed E-state index contributed by atoms with van der Waals surface area (Å²) in [6, 6.07) is 24.0. The molecular weight excluding hydrogens is 538 g/mol. The van der Waals surface area contributed by atoms with Crippen molar-refractivity contribution in [2.45, 2.75) is 25.6 Å². The lowest BCUT2D eigenvalue weighted by Crippen LogP contribution is -2.48. The number of carbonyl (C=O) groups excluding carboxylic acids is 2. The molecule has 3 aromatic rings. The molecule has 0 heterocycles. The Morgan fingerprint density at radius 1 is 0.897 bits per heavy atom. The smallest absolute Gasteiger partial charge is 0.247 e. The first-order valence-electron chi connectivity index (χ1n) is 12.5. The average Bonchev–Trinajstić information content (AvgIpc) is 2.92. The van der Waals surface area contributed by atoms with E-state index < -0.39 is 28.5 Å². The Balaban J connectivity index is 1.98. The normalized spacial score (nSPS) is 12.2. The molecular formula is C29H34ClN3O5S. The Hall–Kier alpha value is -3.24. The van der Waals surface area contributed by atoms with Crippen molar-refractivity contribution in [3.05, 3.63) is 107 Å². The highest BCUT2D eigenvalue weighted by molar-refractivity contribution is 7.88. The summed E-state index contributed by atoms with van der Waals surface area (Å²) in [6.45, 7) is 0.514. The van der Waals surface area contributed by atoms with Crippen molar-refractivity contribution >= 4 is 33.4 Å². The van der Waals surface area contributed by atoms with Crippen LogP contribution in [0.25, 0.3) is 0 Å². The standard InChI is InChI=1S/C29H34ClN3O5S/c1-38-19-9-18-31-29(35)28(25-12-7-4-8-13-25)33(21-24-14-16-26(30)17-15-24)27(34)22-32(39(2,36)37)20-23-10-5-3-6-11-23/h3-8,10-17,28H,9,18-22H2,1-2H3,(H,31,35)/t28-/m1/s1. The number of methoxy groups -OCH3 is 1. The third-order valence-corrected chi connectivity index (χ3v) is 7.52. The molecule has 0 spiro atoms. The summed E-state index contributed by atoms with van der Waals surface area (Å²) in [5.41, 5.74) is 2.10. The zero-order valence-corrected chi connectivity index (χ0v) is 23.7. The molecule has 0 saturated heterocycles. The number of ether oxygens (including phenoxy) is 1. The van der Waals surface area contributed by atoms with Crippen molar-refractivity contribution < 1.29 is 22.7 Å². The van der Waals surface area contributed by atoms with Crippen molar-refractivity contribution in [3.63, 3.8) is 0 Å². The number of sulfonamides is 1. The highest BCUT2D eigenvalue weighted by Gasteiger charge is 2.33. The number of carbonyl (C=O) groups is 2. The quantitative estimate of drug-likeness (QED) is 0.295. The molecule has 3 aromatic carbocycles. The molecule has 0 aliphatic rings. The first-order valence-corrected chi connectivity index (χ1v) is 14.8. The van der Waals surface area contributed by atoms with Crippen LogP contribution >= 0.6 is 11.6 Å². The number of nitrogens with one attached hydrogen (secondary N) is 1. The molecule has 2 amide bonds. The Morgan fingerprint density at radius 2 is 1.49 bits per heavy atom. The van der Waals surface area contributed by atoms with Gasteiger partial charge in [0.05, 0.1) is 12.8 Å². The molecule has 1 atom stereocenters. The number of hydrogen-bond donors (Lipinski definition) is 1. The highest BCUT2D eigenvalue weighted by Crippen LogP contribution is 2.25. The van der Waals surface area contributed by atoms with Gasteiger partial charge in [-0.15, -0.1) is 0 Å². The fourth-order valence-electron chi connectivity index (χ4n) is 4.06. The van der Waals surface area contributed by atoms with E-state index in [0.29, 0.717) is 30.2 Å². The van der Waals surface area contributed by atoms with Gasteiger partial charge in [-0.3, -0.25) is 9.59 Å². The topological polar surface area (TPSA) is 96.0 Å². The van der Waals surface area contributed by atoms with Gasteiger partial charge in [0.2, 0.25) is 21.8 Å². The summed E-state index contributed by atoms with van der Waals surface area (Å²) in [7, 11) is -2.16. The van der Waals surface area contributed by atoms with E-state index in [0.717, 1.165) is 21.7 Å². The van der Waals surface area contributed by atoms with Crippen LogP contribution in [0, 0.1) is 0 Å².